The van der Waals surface area contributed by atoms with Gasteiger partial charge in [-0.1, -0.05) is 38.6 Å². The number of carbonyl (C=O) groups is 1. The molecule has 0 fully saturated rings. The Labute approximate surface area is 212 Å². The Morgan fingerprint density at radius 3 is 2.51 bits per heavy atom. The average molecular weight is 496 g/mol. The maximum absolute atomic E-state index is 13.2. The van der Waals surface area contributed by atoms with Crippen molar-refractivity contribution in [3.05, 3.63) is 52.5 Å². The van der Waals surface area contributed by atoms with Crippen molar-refractivity contribution in [1.29, 1.82) is 0 Å². The fourth-order valence-electron chi connectivity index (χ4n) is 4.52. The largest absolute Gasteiger partial charge is 0.507 e. The maximum Gasteiger partial charge on any atom is 0.340 e. The van der Waals surface area contributed by atoms with Gasteiger partial charge in [0.1, 0.15) is 10.6 Å². The van der Waals surface area contributed by atoms with Crippen molar-refractivity contribution in [2.75, 3.05) is 6.61 Å². The van der Waals surface area contributed by atoms with Crippen LogP contribution in [0.3, 0.4) is 0 Å². The number of thiophene rings is 1. The second-order valence-electron chi connectivity index (χ2n) is 9.40. The van der Waals surface area contributed by atoms with Gasteiger partial charge in [-0.3, -0.25) is 0 Å². The van der Waals surface area contributed by atoms with Gasteiger partial charge in [-0.15, -0.1) is 11.3 Å². The van der Waals surface area contributed by atoms with Crippen LogP contribution >= 0.6 is 11.3 Å². The molecule has 1 unspecified atom stereocenters. The summed E-state index contributed by atoms with van der Waals surface area (Å²) in [5.74, 6) is -0.318. The normalized spacial score (nSPS) is 14.2. The first-order valence-electron chi connectivity index (χ1n) is 12.4. The Kier molecular flexibility index (Phi) is 8.39. The predicted molar refractivity (Wildman–Crippen MR) is 145 cm³/mol. The van der Waals surface area contributed by atoms with Crippen molar-refractivity contribution in [2.24, 2.45) is 0 Å². The van der Waals surface area contributed by atoms with Crippen LogP contribution < -0.4 is 0 Å². The van der Waals surface area contributed by atoms with Crippen molar-refractivity contribution in [3.63, 3.8) is 0 Å². The molecule has 0 aliphatic heterocycles. The van der Waals surface area contributed by atoms with Crippen LogP contribution in [0, 0.1) is 6.92 Å². The van der Waals surface area contributed by atoms with Crippen LogP contribution in [-0.4, -0.2) is 28.3 Å². The van der Waals surface area contributed by atoms with Crippen molar-refractivity contribution in [1.82, 2.24) is 4.98 Å². The molecule has 1 N–H and O–H groups in total. The van der Waals surface area contributed by atoms with E-state index in [1.165, 1.54) is 4.88 Å². The number of benzene rings is 1. The van der Waals surface area contributed by atoms with Crippen LogP contribution in [0.15, 0.2) is 30.8 Å². The second kappa shape index (κ2) is 10.9. The minimum absolute atomic E-state index is 0.144. The van der Waals surface area contributed by atoms with Crippen LogP contribution in [-0.2, 0) is 20.7 Å². The molecule has 1 aromatic carbocycles. The zero-order valence-corrected chi connectivity index (χ0v) is 22.8. The van der Waals surface area contributed by atoms with Gasteiger partial charge >= 0.3 is 5.97 Å². The highest BCUT2D eigenvalue weighted by molar-refractivity contribution is 7.19. The third-order valence-corrected chi connectivity index (χ3v) is 6.93. The number of aryl methyl sites for hydroxylation is 2. The molecule has 0 bridgehead atoms. The molecule has 1 aliphatic rings. The van der Waals surface area contributed by atoms with Gasteiger partial charge in [-0.05, 0) is 65.5 Å². The number of phenolic OH excluding ortho intramolecular Hbond substituents is 1. The topological polar surface area (TPSA) is 68.7 Å². The number of para-hydroxylation sites is 1. The van der Waals surface area contributed by atoms with Crippen molar-refractivity contribution < 1.29 is 19.4 Å². The van der Waals surface area contributed by atoms with Crippen molar-refractivity contribution in [3.8, 4) is 16.9 Å². The standard InChI is InChI=1S/C27H31NO4S.C2H6/c1-7-31-26(30)24(32-27(4,5)6)21-16(3)28-25-23(20-15(2)11-10-14-19(20)33-25)22(21)17-12-8-9-13-18(17)29;1-2/h8-9,12-13,24,29H,2,7,10-11,14H2,1,3-6H3;1-2H3. The van der Waals surface area contributed by atoms with Crippen LogP contribution in [0.5, 0.6) is 5.75 Å². The molecule has 0 amide bonds. The number of phenols is 1. The number of hydrogen-bond acceptors (Lipinski definition) is 6. The van der Waals surface area contributed by atoms with Gasteiger partial charge in [0.25, 0.3) is 0 Å². The third-order valence-electron chi connectivity index (χ3n) is 5.78. The van der Waals surface area contributed by atoms with Gasteiger partial charge in [0.05, 0.1) is 12.2 Å². The van der Waals surface area contributed by atoms with E-state index in [1.54, 1.807) is 30.4 Å². The Balaban J connectivity index is 0.00000167. The average Bonchev–Trinajstić information content (AvgIpc) is 3.17. The molecule has 0 saturated carbocycles. The molecule has 188 valence electrons. The van der Waals surface area contributed by atoms with E-state index in [1.807, 2.05) is 53.7 Å². The lowest BCUT2D eigenvalue weighted by Gasteiger charge is -2.29. The number of rotatable bonds is 5. The fraction of sp³-hybridized carbons (Fsp3) is 0.448. The summed E-state index contributed by atoms with van der Waals surface area (Å²) in [6.07, 6.45) is 1.98. The Bertz CT molecular complexity index is 1240. The quantitative estimate of drug-likeness (QED) is 0.366. The van der Waals surface area contributed by atoms with Crippen LogP contribution in [0.25, 0.3) is 26.9 Å². The van der Waals surface area contributed by atoms with Crippen molar-refractivity contribution >= 4 is 33.1 Å². The molecule has 1 atom stereocenters. The zero-order chi connectivity index (χ0) is 25.9. The van der Waals surface area contributed by atoms with E-state index in [9.17, 15) is 9.90 Å². The summed E-state index contributed by atoms with van der Waals surface area (Å²) in [5.41, 5.74) is 4.31. The van der Waals surface area contributed by atoms with E-state index in [0.29, 0.717) is 16.8 Å². The Morgan fingerprint density at radius 1 is 1.20 bits per heavy atom. The lowest BCUT2D eigenvalue weighted by atomic mass is 9.86. The highest BCUT2D eigenvalue weighted by Crippen LogP contribution is 2.49. The molecule has 0 saturated heterocycles. The number of allylic oxidation sites excluding steroid dienone is 1. The third kappa shape index (κ3) is 5.44. The van der Waals surface area contributed by atoms with Gasteiger partial charge in [0.2, 0.25) is 0 Å². The van der Waals surface area contributed by atoms with Crippen LogP contribution in [0.4, 0.5) is 0 Å². The lowest BCUT2D eigenvalue weighted by molar-refractivity contribution is -0.166. The molecule has 35 heavy (non-hydrogen) atoms. The SMILES string of the molecule is C=C1CCCc2sc3nc(C)c(C(OC(C)(C)C)C(=O)OCC)c(-c4ccccc4O)c3c21.CC. The summed E-state index contributed by atoms with van der Waals surface area (Å²) in [6, 6.07) is 7.22. The molecule has 0 spiro atoms. The number of fused-ring (bicyclic) bond motifs is 3. The van der Waals surface area contributed by atoms with E-state index in [2.05, 4.69) is 6.58 Å². The lowest BCUT2D eigenvalue weighted by Crippen LogP contribution is -2.30. The minimum Gasteiger partial charge on any atom is -0.507 e. The monoisotopic (exact) mass is 495 g/mol. The molecule has 3 aromatic rings. The van der Waals surface area contributed by atoms with E-state index in [4.69, 9.17) is 14.5 Å². The number of aromatic nitrogens is 1. The highest BCUT2D eigenvalue weighted by atomic mass is 32.1. The number of hydrogen-bond donors (Lipinski definition) is 1. The molecule has 2 heterocycles. The summed E-state index contributed by atoms with van der Waals surface area (Å²) in [4.78, 5) is 20.3. The summed E-state index contributed by atoms with van der Waals surface area (Å²) < 4.78 is 11.7. The zero-order valence-electron chi connectivity index (χ0n) is 21.9. The van der Waals surface area contributed by atoms with Crippen LogP contribution in [0.1, 0.15) is 82.2 Å². The molecule has 0 radical (unpaired) electrons. The van der Waals surface area contributed by atoms with E-state index in [-0.39, 0.29) is 12.4 Å². The second-order valence-corrected chi connectivity index (χ2v) is 10.5. The molecule has 2 aromatic heterocycles. The van der Waals surface area contributed by atoms with E-state index >= 15 is 0 Å². The minimum atomic E-state index is -0.983. The van der Waals surface area contributed by atoms with Gasteiger partial charge in [-0.25, -0.2) is 9.78 Å². The molecule has 6 heteroatoms. The number of aromatic hydroxyl groups is 1. The molecular weight excluding hydrogens is 458 g/mol. The molecule has 4 rings (SSSR count). The van der Waals surface area contributed by atoms with E-state index < -0.39 is 17.7 Å². The van der Waals surface area contributed by atoms with Gasteiger partial charge in [0, 0.05) is 38.2 Å². The first-order chi connectivity index (χ1) is 16.6. The van der Waals surface area contributed by atoms with Gasteiger partial charge in [0.15, 0.2) is 6.10 Å². The number of pyridine rings is 1. The Hall–Kier alpha value is -2.70. The number of esters is 1. The predicted octanol–water partition coefficient (Wildman–Crippen LogP) is 7.77. The summed E-state index contributed by atoms with van der Waals surface area (Å²) >= 11 is 1.67. The van der Waals surface area contributed by atoms with E-state index in [0.717, 1.165) is 46.2 Å². The summed E-state index contributed by atoms with van der Waals surface area (Å²) in [5, 5.41) is 11.8. The van der Waals surface area contributed by atoms with Crippen molar-refractivity contribution in [2.45, 2.75) is 79.4 Å². The molecule has 5 nitrogen and oxygen atoms in total. The summed E-state index contributed by atoms with van der Waals surface area (Å²) in [6.45, 7) is 18.0. The fourth-order valence-corrected chi connectivity index (χ4v) is 5.84. The number of ether oxygens (including phenoxy) is 2. The number of nitrogens with zero attached hydrogens (tertiary/aromatic N) is 1. The number of carbonyl (C=O) groups excluding carboxylic acids is 1. The van der Waals surface area contributed by atoms with Crippen LogP contribution in [0.2, 0.25) is 0 Å². The maximum atomic E-state index is 13.2. The smallest absolute Gasteiger partial charge is 0.340 e. The van der Waals surface area contributed by atoms with Gasteiger partial charge < -0.3 is 14.6 Å². The first-order valence-corrected chi connectivity index (χ1v) is 13.2. The highest BCUT2D eigenvalue weighted by Gasteiger charge is 2.35. The molecular formula is C29H37NO4S. The van der Waals surface area contributed by atoms with Gasteiger partial charge in [-0.2, -0.15) is 0 Å². The Morgan fingerprint density at radius 2 is 1.89 bits per heavy atom. The molecule has 1 aliphatic carbocycles. The first kappa shape index (κ1) is 26.9. The summed E-state index contributed by atoms with van der Waals surface area (Å²) in [7, 11) is 0.